The minimum atomic E-state index is -0.240. The van der Waals surface area contributed by atoms with E-state index in [4.69, 9.17) is 21.1 Å². The molecule has 0 radical (unpaired) electrons. The molecule has 0 saturated carbocycles. The third-order valence-corrected chi connectivity index (χ3v) is 5.04. The smallest absolute Gasteiger partial charge is 0.298 e. The Bertz CT molecular complexity index is 1240. The molecule has 0 spiro atoms. The monoisotopic (exact) mass is 395 g/mol. The summed E-state index contributed by atoms with van der Waals surface area (Å²) < 4.78 is 14.0. The van der Waals surface area contributed by atoms with Crippen molar-refractivity contribution in [2.45, 2.75) is 6.92 Å². The van der Waals surface area contributed by atoms with Crippen LogP contribution in [-0.4, -0.2) is 28.2 Å². The Morgan fingerprint density at radius 3 is 2.57 bits per heavy atom. The van der Waals surface area contributed by atoms with Crippen LogP contribution in [0.4, 0.5) is 0 Å². The summed E-state index contributed by atoms with van der Waals surface area (Å²) in [6, 6.07) is 11.0. The molecule has 0 N–H and O–H groups in total. The van der Waals surface area contributed by atoms with Gasteiger partial charge in [-0.25, -0.2) is 4.98 Å². The summed E-state index contributed by atoms with van der Waals surface area (Å²) in [7, 11) is 3.19. The van der Waals surface area contributed by atoms with Crippen LogP contribution in [0.5, 0.6) is 11.5 Å². The van der Waals surface area contributed by atoms with Gasteiger partial charge in [-0.1, -0.05) is 17.7 Å². The van der Waals surface area contributed by atoms with E-state index < -0.39 is 0 Å². The van der Waals surface area contributed by atoms with Crippen LogP contribution in [0.2, 0.25) is 5.02 Å². The maximum absolute atomic E-state index is 13.0. The Morgan fingerprint density at radius 1 is 1.04 bits per heavy atom. The molecular weight excluding hydrogens is 378 g/mol. The number of imidazole rings is 1. The van der Waals surface area contributed by atoms with Gasteiger partial charge >= 0.3 is 0 Å². The second-order valence-electron chi connectivity index (χ2n) is 6.33. The molecule has 4 rings (SSSR count). The summed E-state index contributed by atoms with van der Waals surface area (Å²) >= 11 is 6.22. The van der Waals surface area contributed by atoms with Crippen molar-refractivity contribution in [3.05, 3.63) is 75.9 Å². The molecule has 6 nitrogen and oxygen atoms in total. The average molecular weight is 396 g/mol. The summed E-state index contributed by atoms with van der Waals surface area (Å²) in [5.74, 6) is 1.33. The van der Waals surface area contributed by atoms with Crippen LogP contribution < -0.4 is 15.0 Å². The first-order valence-electron chi connectivity index (χ1n) is 8.61. The first-order chi connectivity index (χ1) is 13.5. The number of nitrogens with zero attached hydrogens (tertiary/aromatic N) is 3. The van der Waals surface area contributed by atoms with Crippen LogP contribution in [0.15, 0.2) is 59.8 Å². The molecule has 0 atom stereocenters. The number of hydrogen-bond donors (Lipinski definition) is 0. The number of rotatable bonds is 4. The Morgan fingerprint density at radius 2 is 1.86 bits per heavy atom. The zero-order valence-electron chi connectivity index (χ0n) is 15.6. The van der Waals surface area contributed by atoms with Gasteiger partial charge in [0.25, 0.3) is 5.56 Å². The highest BCUT2D eigenvalue weighted by atomic mass is 35.5. The van der Waals surface area contributed by atoms with Crippen LogP contribution in [0.1, 0.15) is 5.56 Å². The largest absolute Gasteiger partial charge is 0.497 e. The van der Waals surface area contributed by atoms with E-state index in [2.05, 4.69) is 4.98 Å². The Labute approximate surface area is 166 Å². The van der Waals surface area contributed by atoms with Gasteiger partial charge in [0, 0.05) is 29.2 Å². The van der Waals surface area contributed by atoms with E-state index in [1.54, 1.807) is 43.3 Å². The molecule has 2 aromatic carbocycles. The molecular formula is C21H18ClN3O3. The van der Waals surface area contributed by atoms with Crippen molar-refractivity contribution in [1.29, 1.82) is 0 Å². The van der Waals surface area contributed by atoms with Gasteiger partial charge in [-0.2, -0.15) is 0 Å². The fraction of sp³-hybridized carbons (Fsp3) is 0.143. The van der Waals surface area contributed by atoms with Gasteiger partial charge in [0.1, 0.15) is 11.5 Å². The summed E-state index contributed by atoms with van der Waals surface area (Å²) in [5.41, 5.74) is 3.07. The Balaban J connectivity index is 1.88. The molecule has 0 unspecified atom stereocenters. The van der Waals surface area contributed by atoms with Gasteiger partial charge in [-0.05, 0) is 42.8 Å². The molecule has 0 amide bonds. The molecule has 28 heavy (non-hydrogen) atoms. The summed E-state index contributed by atoms with van der Waals surface area (Å²) in [6.07, 6.45) is 5.28. The van der Waals surface area contributed by atoms with Crippen LogP contribution in [0.3, 0.4) is 0 Å². The Kier molecular flexibility index (Phi) is 4.57. The second kappa shape index (κ2) is 7.05. The molecule has 0 saturated heterocycles. The van der Waals surface area contributed by atoms with Crippen molar-refractivity contribution in [2.75, 3.05) is 14.2 Å². The second-order valence-corrected chi connectivity index (χ2v) is 6.74. The third kappa shape index (κ3) is 3.01. The van der Waals surface area contributed by atoms with Gasteiger partial charge in [0.2, 0.25) is 5.65 Å². The van der Waals surface area contributed by atoms with E-state index in [-0.39, 0.29) is 5.56 Å². The first-order valence-corrected chi connectivity index (χ1v) is 8.99. The third-order valence-electron chi connectivity index (χ3n) is 4.63. The van der Waals surface area contributed by atoms with Gasteiger partial charge in [-0.3, -0.25) is 9.36 Å². The fourth-order valence-electron chi connectivity index (χ4n) is 3.06. The minimum Gasteiger partial charge on any atom is -0.497 e. The lowest BCUT2D eigenvalue weighted by molar-refractivity contribution is 0.404. The van der Waals surface area contributed by atoms with Crippen molar-refractivity contribution in [2.24, 2.45) is 0 Å². The topological polar surface area (TPSA) is 57.8 Å². The van der Waals surface area contributed by atoms with Gasteiger partial charge in [-0.15, -0.1) is 0 Å². The van der Waals surface area contributed by atoms with Gasteiger partial charge in [0.15, 0.2) is 0 Å². The maximum Gasteiger partial charge on any atom is 0.298 e. The average Bonchev–Trinajstić information content (AvgIpc) is 3.15. The zero-order valence-corrected chi connectivity index (χ0v) is 16.4. The van der Waals surface area contributed by atoms with Gasteiger partial charge in [0.05, 0.1) is 25.6 Å². The molecule has 0 aliphatic carbocycles. The molecule has 7 heteroatoms. The van der Waals surface area contributed by atoms with Crippen LogP contribution in [0, 0.1) is 6.92 Å². The molecule has 142 valence electrons. The van der Waals surface area contributed by atoms with Crippen molar-refractivity contribution in [1.82, 2.24) is 14.0 Å². The highest BCUT2D eigenvalue weighted by Crippen LogP contribution is 2.32. The standard InChI is InChI=1S/C21H18ClN3O3/c1-13-4-5-14(10-17(13)22)25-9-8-24-12-18(23-20(24)21(25)26)16-11-15(27-2)6-7-19(16)28-3/h4-12H,1-3H3. The molecule has 0 aliphatic rings. The molecule has 0 bridgehead atoms. The maximum atomic E-state index is 13.0. The van der Waals surface area contributed by atoms with E-state index >= 15 is 0 Å². The van der Waals surface area contributed by atoms with Crippen LogP contribution in [-0.2, 0) is 0 Å². The van der Waals surface area contributed by atoms with Crippen molar-refractivity contribution in [3.8, 4) is 28.4 Å². The number of benzene rings is 2. The summed E-state index contributed by atoms with van der Waals surface area (Å²) in [6.45, 7) is 1.92. The van der Waals surface area contributed by atoms with Crippen molar-refractivity contribution >= 4 is 17.2 Å². The van der Waals surface area contributed by atoms with Crippen molar-refractivity contribution < 1.29 is 9.47 Å². The number of ether oxygens (including phenoxy) is 2. The highest BCUT2D eigenvalue weighted by Gasteiger charge is 2.14. The number of aryl methyl sites for hydroxylation is 1. The molecule has 2 heterocycles. The molecule has 0 fully saturated rings. The van der Waals surface area contributed by atoms with E-state index in [0.29, 0.717) is 33.6 Å². The quantitative estimate of drug-likeness (QED) is 0.521. The SMILES string of the molecule is COc1ccc(OC)c(-c2cn3ccn(-c4ccc(C)c(Cl)c4)c(=O)c3n2)c1. The zero-order chi connectivity index (χ0) is 19.8. The van der Waals surface area contributed by atoms with E-state index in [0.717, 1.165) is 11.1 Å². The molecule has 4 aromatic rings. The summed E-state index contributed by atoms with van der Waals surface area (Å²) in [5, 5.41) is 0.606. The van der Waals surface area contributed by atoms with E-state index in [1.165, 1.54) is 4.57 Å². The first kappa shape index (κ1) is 18.1. The lowest BCUT2D eigenvalue weighted by Gasteiger charge is -2.08. The number of halogens is 1. The van der Waals surface area contributed by atoms with Crippen molar-refractivity contribution in [3.63, 3.8) is 0 Å². The number of aromatic nitrogens is 3. The van der Waals surface area contributed by atoms with Crippen LogP contribution >= 0.6 is 11.6 Å². The molecule has 2 aromatic heterocycles. The lowest BCUT2D eigenvalue weighted by Crippen LogP contribution is -2.19. The van der Waals surface area contributed by atoms with E-state index in [1.807, 2.05) is 37.3 Å². The van der Waals surface area contributed by atoms with E-state index in [9.17, 15) is 4.79 Å². The highest BCUT2D eigenvalue weighted by molar-refractivity contribution is 6.31. The van der Waals surface area contributed by atoms with Gasteiger partial charge < -0.3 is 13.9 Å². The lowest BCUT2D eigenvalue weighted by atomic mass is 10.1. The normalized spacial score (nSPS) is 11.0. The number of hydrogen-bond acceptors (Lipinski definition) is 4. The predicted octanol–water partition coefficient (Wildman–Crippen LogP) is 4.13. The molecule has 0 aliphatic heterocycles. The Hall–Kier alpha value is -3.25. The van der Waals surface area contributed by atoms with Crippen LogP contribution in [0.25, 0.3) is 22.6 Å². The number of fused-ring (bicyclic) bond motifs is 1. The minimum absolute atomic E-state index is 0.240. The predicted molar refractivity (Wildman–Crippen MR) is 109 cm³/mol. The fourth-order valence-corrected chi connectivity index (χ4v) is 3.23. The summed E-state index contributed by atoms with van der Waals surface area (Å²) in [4.78, 5) is 17.6. The number of methoxy groups -OCH3 is 2.